The molecular weight excluding hydrogens is 268 g/mol. The summed E-state index contributed by atoms with van der Waals surface area (Å²) < 4.78 is 5.15. The molecule has 1 atom stereocenters. The molecule has 1 unspecified atom stereocenters. The van der Waals surface area contributed by atoms with Crippen LogP contribution in [-0.4, -0.2) is 48.3 Å². The molecule has 0 aliphatic carbocycles. The Labute approximate surface area is 126 Å². The first-order valence-corrected chi connectivity index (χ1v) is 7.06. The van der Waals surface area contributed by atoms with Crippen molar-refractivity contribution < 1.29 is 14.6 Å². The third-order valence-corrected chi connectivity index (χ3v) is 3.28. The third-order valence-electron chi connectivity index (χ3n) is 3.28. The van der Waals surface area contributed by atoms with Gasteiger partial charge in [0.2, 0.25) is 5.91 Å². The van der Waals surface area contributed by atoms with E-state index >= 15 is 0 Å². The summed E-state index contributed by atoms with van der Waals surface area (Å²) >= 11 is 0. The van der Waals surface area contributed by atoms with E-state index in [0.29, 0.717) is 13.1 Å². The van der Waals surface area contributed by atoms with Crippen LogP contribution in [0.25, 0.3) is 0 Å². The van der Waals surface area contributed by atoms with Crippen molar-refractivity contribution in [2.24, 2.45) is 0 Å². The fourth-order valence-electron chi connectivity index (χ4n) is 2.07. The number of nitrogens with zero attached hydrogens (tertiary/aromatic N) is 1. The summed E-state index contributed by atoms with van der Waals surface area (Å²) in [6.07, 6.45) is 0. The molecule has 0 aliphatic heterocycles. The minimum Gasteiger partial charge on any atom is -0.497 e. The number of benzene rings is 1. The third kappa shape index (κ3) is 6.14. The number of amides is 1. The summed E-state index contributed by atoms with van der Waals surface area (Å²) in [6.45, 7) is 6.17. The Bertz CT molecular complexity index is 469. The molecule has 0 bridgehead atoms. The number of aliphatic hydroxyl groups is 1. The zero-order valence-electron chi connectivity index (χ0n) is 13.5. The van der Waals surface area contributed by atoms with Crippen LogP contribution in [0.5, 0.6) is 5.75 Å². The largest absolute Gasteiger partial charge is 0.497 e. The number of carbonyl (C=O) groups is 1. The minimum absolute atomic E-state index is 0.0652. The molecule has 0 saturated carbocycles. The van der Waals surface area contributed by atoms with Gasteiger partial charge in [-0.25, -0.2) is 0 Å². The number of ether oxygens (including phenoxy) is 1. The van der Waals surface area contributed by atoms with E-state index in [4.69, 9.17) is 4.74 Å². The van der Waals surface area contributed by atoms with E-state index in [1.54, 1.807) is 21.0 Å². The lowest BCUT2D eigenvalue weighted by Gasteiger charge is -2.29. The van der Waals surface area contributed by atoms with E-state index in [2.05, 4.69) is 5.32 Å². The van der Waals surface area contributed by atoms with Crippen LogP contribution >= 0.6 is 0 Å². The molecule has 0 aliphatic rings. The second kappa shape index (κ2) is 7.43. The minimum atomic E-state index is -0.823. The number of likely N-dealkylation sites (N-methyl/N-ethyl adjacent to an activating group) is 1. The summed E-state index contributed by atoms with van der Waals surface area (Å²) in [6, 6.07) is 7.29. The summed E-state index contributed by atoms with van der Waals surface area (Å²) in [7, 11) is 3.44. The van der Waals surface area contributed by atoms with Gasteiger partial charge >= 0.3 is 0 Å². The van der Waals surface area contributed by atoms with Crippen molar-refractivity contribution in [1.82, 2.24) is 10.2 Å². The van der Waals surface area contributed by atoms with Crippen molar-refractivity contribution >= 4 is 5.91 Å². The maximum Gasteiger partial charge on any atom is 0.237 e. The molecule has 1 rings (SSSR count). The SMILES string of the molecule is COc1cccc(CNC(=O)C(C)N(C)CC(C)(C)O)c1. The van der Waals surface area contributed by atoms with Crippen LogP contribution in [0.4, 0.5) is 0 Å². The van der Waals surface area contributed by atoms with Gasteiger partial charge in [-0.2, -0.15) is 0 Å². The zero-order chi connectivity index (χ0) is 16.0. The van der Waals surface area contributed by atoms with Crippen LogP contribution in [0.2, 0.25) is 0 Å². The predicted octanol–water partition coefficient (Wildman–Crippen LogP) is 1.40. The maximum atomic E-state index is 12.1. The average molecular weight is 294 g/mol. The van der Waals surface area contributed by atoms with E-state index in [0.717, 1.165) is 11.3 Å². The zero-order valence-corrected chi connectivity index (χ0v) is 13.5. The fourth-order valence-corrected chi connectivity index (χ4v) is 2.07. The Morgan fingerprint density at radius 2 is 2.14 bits per heavy atom. The molecule has 5 heteroatoms. The Kier molecular flexibility index (Phi) is 6.18. The number of nitrogens with one attached hydrogen (secondary N) is 1. The highest BCUT2D eigenvalue weighted by Gasteiger charge is 2.23. The second-order valence-corrected chi connectivity index (χ2v) is 5.97. The standard InChI is InChI=1S/C16H26N2O3/c1-12(18(4)11-16(2,3)20)15(19)17-10-13-7-6-8-14(9-13)21-5/h6-9,12,20H,10-11H2,1-5H3,(H,17,19). The van der Waals surface area contributed by atoms with Crippen LogP contribution in [0, 0.1) is 0 Å². The van der Waals surface area contributed by atoms with E-state index < -0.39 is 5.60 Å². The van der Waals surface area contributed by atoms with Gasteiger partial charge in [0.25, 0.3) is 0 Å². The van der Waals surface area contributed by atoms with Gasteiger partial charge in [0, 0.05) is 13.1 Å². The highest BCUT2D eigenvalue weighted by Crippen LogP contribution is 2.12. The smallest absolute Gasteiger partial charge is 0.237 e. The van der Waals surface area contributed by atoms with Crippen molar-refractivity contribution in [3.63, 3.8) is 0 Å². The summed E-state index contributed by atoms with van der Waals surface area (Å²) in [5.74, 6) is 0.707. The molecule has 5 nitrogen and oxygen atoms in total. The lowest BCUT2D eigenvalue weighted by Crippen LogP contribution is -2.47. The van der Waals surface area contributed by atoms with Gasteiger partial charge in [0.15, 0.2) is 0 Å². The van der Waals surface area contributed by atoms with Crippen LogP contribution in [0.1, 0.15) is 26.3 Å². The molecule has 0 fully saturated rings. The average Bonchev–Trinajstić information content (AvgIpc) is 2.42. The van der Waals surface area contributed by atoms with Gasteiger partial charge in [-0.05, 0) is 45.5 Å². The highest BCUT2D eigenvalue weighted by molar-refractivity contribution is 5.81. The number of methoxy groups -OCH3 is 1. The molecule has 1 aromatic rings. The summed E-state index contributed by atoms with van der Waals surface area (Å²) in [5.41, 5.74) is 0.163. The molecule has 2 N–H and O–H groups in total. The van der Waals surface area contributed by atoms with E-state index in [1.807, 2.05) is 43.1 Å². The number of hydrogen-bond acceptors (Lipinski definition) is 4. The summed E-state index contributed by atoms with van der Waals surface area (Å²) in [5, 5.41) is 12.7. The molecule has 1 aromatic carbocycles. The molecule has 0 aromatic heterocycles. The highest BCUT2D eigenvalue weighted by atomic mass is 16.5. The first-order valence-electron chi connectivity index (χ1n) is 7.06. The molecule has 0 spiro atoms. The predicted molar refractivity (Wildman–Crippen MR) is 83.2 cm³/mol. The van der Waals surface area contributed by atoms with Crippen molar-refractivity contribution in [2.75, 3.05) is 20.7 Å². The first-order chi connectivity index (χ1) is 9.73. The summed E-state index contributed by atoms with van der Waals surface area (Å²) in [4.78, 5) is 14.0. The van der Waals surface area contributed by atoms with E-state index in [1.165, 1.54) is 0 Å². The van der Waals surface area contributed by atoms with Gasteiger partial charge in [-0.15, -0.1) is 0 Å². The van der Waals surface area contributed by atoms with E-state index in [-0.39, 0.29) is 11.9 Å². The molecular formula is C16H26N2O3. The molecule has 0 radical (unpaired) electrons. The van der Waals surface area contributed by atoms with Gasteiger partial charge < -0.3 is 15.2 Å². The number of carbonyl (C=O) groups excluding carboxylic acids is 1. The fraction of sp³-hybridized carbons (Fsp3) is 0.562. The van der Waals surface area contributed by atoms with Crippen LogP contribution in [-0.2, 0) is 11.3 Å². The Hall–Kier alpha value is -1.59. The molecule has 1 amide bonds. The lowest BCUT2D eigenvalue weighted by molar-refractivity contribution is -0.126. The van der Waals surface area contributed by atoms with Gasteiger partial charge in [0.05, 0.1) is 18.8 Å². The number of hydrogen-bond donors (Lipinski definition) is 2. The molecule has 118 valence electrons. The van der Waals surface area contributed by atoms with Crippen molar-refractivity contribution in [3.8, 4) is 5.75 Å². The molecule has 0 heterocycles. The quantitative estimate of drug-likeness (QED) is 0.798. The lowest BCUT2D eigenvalue weighted by atomic mass is 10.1. The van der Waals surface area contributed by atoms with Crippen LogP contribution < -0.4 is 10.1 Å². The monoisotopic (exact) mass is 294 g/mol. The van der Waals surface area contributed by atoms with Crippen LogP contribution in [0.3, 0.4) is 0 Å². The Morgan fingerprint density at radius 3 is 2.71 bits per heavy atom. The van der Waals surface area contributed by atoms with Crippen molar-refractivity contribution in [3.05, 3.63) is 29.8 Å². The number of rotatable bonds is 7. The normalized spacial score (nSPS) is 13.1. The second-order valence-electron chi connectivity index (χ2n) is 5.97. The van der Waals surface area contributed by atoms with Crippen molar-refractivity contribution in [2.45, 2.75) is 39.0 Å². The van der Waals surface area contributed by atoms with Gasteiger partial charge in [0.1, 0.15) is 5.75 Å². The van der Waals surface area contributed by atoms with Gasteiger partial charge in [-0.3, -0.25) is 9.69 Å². The maximum absolute atomic E-state index is 12.1. The molecule has 21 heavy (non-hydrogen) atoms. The first kappa shape index (κ1) is 17.5. The van der Waals surface area contributed by atoms with Gasteiger partial charge in [-0.1, -0.05) is 12.1 Å². The topological polar surface area (TPSA) is 61.8 Å². The van der Waals surface area contributed by atoms with E-state index in [9.17, 15) is 9.90 Å². The van der Waals surface area contributed by atoms with Crippen molar-refractivity contribution in [1.29, 1.82) is 0 Å². The van der Waals surface area contributed by atoms with Crippen LogP contribution in [0.15, 0.2) is 24.3 Å². The molecule has 0 saturated heterocycles. The Morgan fingerprint density at radius 1 is 1.48 bits per heavy atom. The Balaban J connectivity index is 2.52.